The lowest BCUT2D eigenvalue weighted by Gasteiger charge is -2.23. The number of esters is 1. The zero-order valence-corrected chi connectivity index (χ0v) is 12.1. The molecule has 1 atom stereocenters. The van der Waals surface area contributed by atoms with Crippen molar-refractivity contribution < 1.29 is 9.53 Å². The fourth-order valence-electron chi connectivity index (χ4n) is 2.77. The van der Waals surface area contributed by atoms with E-state index in [1.165, 1.54) is 39.3 Å². The first kappa shape index (κ1) is 15.4. The van der Waals surface area contributed by atoms with Crippen molar-refractivity contribution in [1.82, 2.24) is 10.2 Å². The van der Waals surface area contributed by atoms with Crippen LogP contribution in [0.15, 0.2) is 0 Å². The van der Waals surface area contributed by atoms with Crippen LogP contribution in [0.4, 0.5) is 0 Å². The molecule has 0 aromatic heterocycles. The molecule has 0 radical (unpaired) electrons. The second-order valence-corrected chi connectivity index (χ2v) is 5.33. The SMILES string of the molecule is CCNC(CCN(C)CC1CCCC1)C(=O)OC. The van der Waals surface area contributed by atoms with Gasteiger partial charge in [0.25, 0.3) is 0 Å². The first-order chi connectivity index (χ1) is 8.67. The third-order valence-electron chi connectivity index (χ3n) is 3.78. The van der Waals surface area contributed by atoms with Crippen LogP contribution in [0.3, 0.4) is 0 Å². The number of nitrogens with zero attached hydrogens (tertiary/aromatic N) is 1. The van der Waals surface area contributed by atoms with E-state index in [0.29, 0.717) is 0 Å². The molecule has 1 rings (SSSR count). The van der Waals surface area contributed by atoms with E-state index in [9.17, 15) is 4.79 Å². The molecule has 0 aromatic rings. The van der Waals surface area contributed by atoms with E-state index in [0.717, 1.165) is 25.4 Å². The van der Waals surface area contributed by atoms with Crippen LogP contribution in [-0.2, 0) is 9.53 Å². The lowest BCUT2D eigenvalue weighted by Crippen LogP contribution is -2.40. The third kappa shape index (κ3) is 5.36. The van der Waals surface area contributed by atoms with Crippen molar-refractivity contribution in [3.8, 4) is 0 Å². The number of rotatable bonds is 8. The molecule has 1 saturated carbocycles. The minimum absolute atomic E-state index is 0.147. The molecule has 1 aliphatic carbocycles. The van der Waals surface area contributed by atoms with Gasteiger partial charge in [0.1, 0.15) is 6.04 Å². The zero-order valence-electron chi connectivity index (χ0n) is 12.1. The molecule has 0 bridgehead atoms. The largest absolute Gasteiger partial charge is 0.468 e. The van der Waals surface area contributed by atoms with Crippen molar-refractivity contribution in [1.29, 1.82) is 0 Å². The van der Waals surface area contributed by atoms with E-state index in [-0.39, 0.29) is 12.0 Å². The van der Waals surface area contributed by atoms with Crippen LogP contribution in [0.5, 0.6) is 0 Å². The van der Waals surface area contributed by atoms with Gasteiger partial charge in [-0.25, -0.2) is 0 Å². The quantitative estimate of drug-likeness (QED) is 0.671. The Morgan fingerprint density at radius 1 is 1.44 bits per heavy atom. The van der Waals surface area contributed by atoms with Crippen LogP contribution in [0.2, 0.25) is 0 Å². The fraction of sp³-hybridized carbons (Fsp3) is 0.929. The van der Waals surface area contributed by atoms with Gasteiger partial charge in [-0.05, 0) is 45.3 Å². The molecule has 0 spiro atoms. The van der Waals surface area contributed by atoms with Gasteiger partial charge < -0.3 is 15.0 Å². The number of hydrogen-bond acceptors (Lipinski definition) is 4. The topological polar surface area (TPSA) is 41.6 Å². The Morgan fingerprint density at radius 2 is 2.11 bits per heavy atom. The molecule has 1 N–H and O–H groups in total. The van der Waals surface area contributed by atoms with E-state index in [1.54, 1.807) is 0 Å². The van der Waals surface area contributed by atoms with Crippen LogP contribution in [-0.4, -0.2) is 50.7 Å². The first-order valence-electron chi connectivity index (χ1n) is 7.17. The van der Waals surface area contributed by atoms with Crippen molar-refractivity contribution in [3.05, 3.63) is 0 Å². The highest BCUT2D eigenvalue weighted by Gasteiger charge is 2.20. The van der Waals surface area contributed by atoms with E-state index >= 15 is 0 Å². The summed E-state index contributed by atoms with van der Waals surface area (Å²) < 4.78 is 4.81. The molecule has 0 aliphatic heterocycles. The summed E-state index contributed by atoms with van der Waals surface area (Å²) in [5.74, 6) is 0.719. The van der Waals surface area contributed by atoms with Gasteiger partial charge in [-0.3, -0.25) is 4.79 Å². The summed E-state index contributed by atoms with van der Waals surface area (Å²) in [7, 11) is 3.60. The number of hydrogen-bond donors (Lipinski definition) is 1. The van der Waals surface area contributed by atoms with Gasteiger partial charge in [0, 0.05) is 6.54 Å². The maximum atomic E-state index is 11.6. The van der Waals surface area contributed by atoms with E-state index in [2.05, 4.69) is 17.3 Å². The normalized spacial score (nSPS) is 18.2. The highest BCUT2D eigenvalue weighted by Crippen LogP contribution is 2.25. The highest BCUT2D eigenvalue weighted by atomic mass is 16.5. The smallest absolute Gasteiger partial charge is 0.322 e. The molecule has 106 valence electrons. The summed E-state index contributed by atoms with van der Waals surface area (Å²) in [6.45, 7) is 4.92. The minimum Gasteiger partial charge on any atom is -0.468 e. The molecule has 0 amide bonds. The number of carbonyl (C=O) groups excluding carboxylic acids is 1. The second kappa shape index (κ2) is 8.48. The molecular formula is C14H28N2O2. The molecule has 4 heteroatoms. The average molecular weight is 256 g/mol. The van der Waals surface area contributed by atoms with Gasteiger partial charge in [-0.15, -0.1) is 0 Å². The molecule has 1 unspecified atom stereocenters. The summed E-state index contributed by atoms with van der Waals surface area (Å²) >= 11 is 0. The predicted molar refractivity (Wildman–Crippen MR) is 73.6 cm³/mol. The van der Waals surface area contributed by atoms with Crippen LogP contribution in [0.25, 0.3) is 0 Å². The molecule has 0 saturated heterocycles. The summed E-state index contributed by atoms with van der Waals surface area (Å²) in [5, 5.41) is 3.18. The molecule has 1 fully saturated rings. The number of nitrogens with one attached hydrogen (secondary N) is 1. The maximum Gasteiger partial charge on any atom is 0.322 e. The first-order valence-corrected chi connectivity index (χ1v) is 7.17. The van der Waals surface area contributed by atoms with Gasteiger partial charge in [-0.2, -0.15) is 0 Å². The van der Waals surface area contributed by atoms with Crippen LogP contribution < -0.4 is 5.32 Å². The summed E-state index contributed by atoms with van der Waals surface area (Å²) in [6, 6.07) is -0.161. The zero-order chi connectivity index (χ0) is 13.4. The number of carbonyl (C=O) groups is 1. The minimum atomic E-state index is -0.161. The highest BCUT2D eigenvalue weighted by molar-refractivity contribution is 5.75. The Morgan fingerprint density at radius 3 is 2.67 bits per heavy atom. The maximum absolute atomic E-state index is 11.6. The number of ether oxygens (including phenoxy) is 1. The van der Waals surface area contributed by atoms with Crippen LogP contribution >= 0.6 is 0 Å². The number of likely N-dealkylation sites (N-methyl/N-ethyl adjacent to an activating group) is 1. The van der Waals surface area contributed by atoms with Gasteiger partial charge in [0.05, 0.1) is 7.11 Å². The lowest BCUT2D eigenvalue weighted by atomic mass is 10.1. The molecule has 4 nitrogen and oxygen atoms in total. The Labute approximate surface area is 111 Å². The molecule has 0 heterocycles. The molecular weight excluding hydrogens is 228 g/mol. The van der Waals surface area contributed by atoms with Gasteiger partial charge >= 0.3 is 5.97 Å². The van der Waals surface area contributed by atoms with E-state index in [1.807, 2.05) is 6.92 Å². The van der Waals surface area contributed by atoms with Gasteiger partial charge in [0.2, 0.25) is 0 Å². The molecule has 18 heavy (non-hydrogen) atoms. The Kier molecular flexibility index (Phi) is 7.28. The van der Waals surface area contributed by atoms with E-state index < -0.39 is 0 Å². The summed E-state index contributed by atoms with van der Waals surface area (Å²) in [5.41, 5.74) is 0. The van der Waals surface area contributed by atoms with Crippen molar-refractivity contribution in [2.24, 2.45) is 5.92 Å². The van der Waals surface area contributed by atoms with Crippen molar-refractivity contribution in [2.75, 3.05) is 33.8 Å². The average Bonchev–Trinajstić information content (AvgIpc) is 2.86. The Hall–Kier alpha value is -0.610. The fourth-order valence-corrected chi connectivity index (χ4v) is 2.77. The standard InChI is InChI=1S/C14H28N2O2/c1-4-15-13(14(17)18-3)9-10-16(2)11-12-7-5-6-8-12/h12-13,15H,4-11H2,1-3H3. The molecule has 1 aliphatic rings. The monoisotopic (exact) mass is 256 g/mol. The second-order valence-electron chi connectivity index (χ2n) is 5.33. The van der Waals surface area contributed by atoms with Crippen LogP contribution in [0, 0.1) is 5.92 Å². The Bertz CT molecular complexity index is 240. The summed E-state index contributed by atoms with van der Waals surface area (Å²) in [6.07, 6.45) is 6.35. The number of methoxy groups -OCH3 is 1. The van der Waals surface area contributed by atoms with Gasteiger partial charge in [-0.1, -0.05) is 19.8 Å². The summed E-state index contributed by atoms with van der Waals surface area (Å²) in [4.78, 5) is 13.9. The Balaban J connectivity index is 2.24. The molecule has 0 aromatic carbocycles. The van der Waals surface area contributed by atoms with Crippen molar-refractivity contribution >= 4 is 5.97 Å². The third-order valence-corrected chi connectivity index (χ3v) is 3.78. The van der Waals surface area contributed by atoms with Crippen molar-refractivity contribution in [2.45, 2.75) is 45.1 Å². The van der Waals surface area contributed by atoms with E-state index in [4.69, 9.17) is 4.74 Å². The lowest BCUT2D eigenvalue weighted by molar-refractivity contribution is -0.143. The predicted octanol–water partition coefficient (Wildman–Crippen LogP) is 1.65. The van der Waals surface area contributed by atoms with Crippen molar-refractivity contribution in [3.63, 3.8) is 0 Å². The van der Waals surface area contributed by atoms with Gasteiger partial charge in [0.15, 0.2) is 0 Å². The van der Waals surface area contributed by atoms with Crippen LogP contribution in [0.1, 0.15) is 39.0 Å².